The van der Waals surface area contributed by atoms with E-state index < -0.39 is 42.6 Å². The van der Waals surface area contributed by atoms with Crippen LogP contribution in [0.3, 0.4) is 0 Å². The number of hydrogen-bond acceptors (Lipinski definition) is 7. The summed E-state index contributed by atoms with van der Waals surface area (Å²) < 4.78 is 30.7. The van der Waals surface area contributed by atoms with Crippen molar-refractivity contribution in [1.29, 1.82) is 0 Å². The monoisotopic (exact) mass is 458 g/mol. The minimum atomic E-state index is -1.13. The number of fused-ring (bicyclic) bond motifs is 1. The van der Waals surface area contributed by atoms with Crippen molar-refractivity contribution in [2.45, 2.75) is 75.9 Å². The third-order valence-electron chi connectivity index (χ3n) is 6.16. The predicted octanol–water partition coefficient (Wildman–Crippen LogP) is 3.17. The molecule has 0 amide bonds. The fourth-order valence-electron chi connectivity index (χ4n) is 4.62. The van der Waals surface area contributed by atoms with Crippen LogP contribution < -0.4 is 0 Å². The average Bonchev–Trinajstić information content (AvgIpc) is 3.29. The van der Waals surface area contributed by atoms with Crippen LogP contribution >= 0.6 is 0 Å². The Morgan fingerprint density at radius 1 is 0.939 bits per heavy atom. The van der Waals surface area contributed by atoms with Crippen molar-refractivity contribution in [3.05, 3.63) is 71.8 Å². The van der Waals surface area contributed by atoms with Gasteiger partial charge in [0, 0.05) is 6.61 Å². The van der Waals surface area contributed by atoms with E-state index in [1.165, 1.54) is 0 Å². The van der Waals surface area contributed by atoms with E-state index in [9.17, 15) is 10.2 Å². The van der Waals surface area contributed by atoms with Crippen LogP contribution in [0.25, 0.3) is 0 Å². The minimum absolute atomic E-state index is 0.316. The highest BCUT2D eigenvalue weighted by molar-refractivity contribution is 5.15. The molecular weight excluding hydrogens is 424 g/mol. The molecule has 2 aliphatic rings. The highest BCUT2D eigenvalue weighted by atomic mass is 16.8. The van der Waals surface area contributed by atoms with E-state index >= 15 is 0 Å². The van der Waals surface area contributed by atoms with Gasteiger partial charge in [-0.2, -0.15) is 0 Å². The molecule has 4 rings (SSSR count). The predicted molar refractivity (Wildman–Crippen MR) is 121 cm³/mol. The van der Waals surface area contributed by atoms with Crippen molar-refractivity contribution in [2.75, 3.05) is 13.2 Å². The standard InChI is InChI=1S/C26H34O7/c1-25(2)32-23-24(33-25)31-22(21(28)16-27)26(23,30-18-20-12-7-4-8-13-20)14-9-15-29-17-19-10-5-3-6-11-19/h3-8,10-13,21-24,27-28H,9,14-18H2,1-2H3/t21-,22+,23-,24+,26+/m0/s1. The number of rotatable bonds is 11. The Morgan fingerprint density at radius 2 is 1.58 bits per heavy atom. The molecule has 2 fully saturated rings. The molecule has 33 heavy (non-hydrogen) atoms. The quantitative estimate of drug-likeness (QED) is 0.500. The maximum absolute atomic E-state index is 10.6. The lowest BCUT2D eigenvalue weighted by atomic mass is 9.84. The normalized spacial score (nSPS) is 29.2. The van der Waals surface area contributed by atoms with Crippen molar-refractivity contribution < 1.29 is 33.9 Å². The highest BCUT2D eigenvalue weighted by Crippen LogP contribution is 2.48. The van der Waals surface area contributed by atoms with Gasteiger partial charge in [0.15, 0.2) is 12.1 Å². The van der Waals surface area contributed by atoms with Gasteiger partial charge in [-0.3, -0.25) is 0 Å². The molecule has 5 atom stereocenters. The maximum Gasteiger partial charge on any atom is 0.190 e. The van der Waals surface area contributed by atoms with Gasteiger partial charge in [-0.1, -0.05) is 60.7 Å². The van der Waals surface area contributed by atoms with E-state index in [0.29, 0.717) is 32.7 Å². The molecule has 0 unspecified atom stereocenters. The fraction of sp³-hybridized carbons (Fsp3) is 0.538. The van der Waals surface area contributed by atoms with Gasteiger partial charge in [0.25, 0.3) is 0 Å². The van der Waals surface area contributed by atoms with Crippen LogP contribution in [0.1, 0.15) is 37.8 Å². The zero-order chi connectivity index (χ0) is 23.3. The van der Waals surface area contributed by atoms with Crippen LogP contribution in [0.4, 0.5) is 0 Å². The Balaban J connectivity index is 1.49. The summed E-state index contributed by atoms with van der Waals surface area (Å²) in [4.78, 5) is 0. The highest BCUT2D eigenvalue weighted by Gasteiger charge is 2.65. The molecular formula is C26H34O7. The van der Waals surface area contributed by atoms with E-state index in [1.807, 2.05) is 74.5 Å². The van der Waals surface area contributed by atoms with Crippen molar-refractivity contribution in [2.24, 2.45) is 0 Å². The molecule has 0 aromatic heterocycles. The molecule has 2 aromatic carbocycles. The van der Waals surface area contributed by atoms with Crippen molar-refractivity contribution in [1.82, 2.24) is 0 Å². The number of ether oxygens (including phenoxy) is 5. The Hall–Kier alpha value is -1.84. The lowest BCUT2D eigenvalue weighted by Crippen LogP contribution is -2.56. The number of aliphatic hydroxyl groups is 2. The summed E-state index contributed by atoms with van der Waals surface area (Å²) in [6, 6.07) is 19.8. The van der Waals surface area contributed by atoms with Crippen molar-refractivity contribution in [3.63, 3.8) is 0 Å². The van der Waals surface area contributed by atoms with Gasteiger partial charge in [0.1, 0.15) is 23.9 Å². The van der Waals surface area contributed by atoms with Gasteiger partial charge < -0.3 is 33.9 Å². The van der Waals surface area contributed by atoms with Crippen LogP contribution in [0.5, 0.6) is 0 Å². The van der Waals surface area contributed by atoms with Gasteiger partial charge in [-0.25, -0.2) is 0 Å². The summed E-state index contributed by atoms with van der Waals surface area (Å²) in [6.07, 6.45) is -1.99. The first kappa shape index (κ1) is 24.3. The lowest BCUT2D eigenvalue weighted by molar-refractivity contribution is -0.255. The summed E-state index contributed by atoms with van der Waals surface area (Å²) in [6.45, 7) is 4.56. The molecule has 0 aliphatic carbocycles. The number of benzene rings is 2. The Bertz CT molecular complexity index is 859. The van der Waals surface area contributed by atoms with Crippen LogP contribution in [-0.2, 0) is 36.9 Å². The second-order valence-corrected chi connectivity index (χ2v) is 9.10. The van der Waals surface area contributed by atoms with Crippen LogP contribution in [0, 0.1) is 0 Å². The topological polar surface area (TPSA) is 86.6 Å². The largest absolute Gasteiger partial charge is 0.394 e. The summed E-state index contributed by atoms with van der Waals surface area (Å²) in [5, 5.41) is 20.4. The van der Waals surface area contributed by atoms with E-state index in [-0.39, 0.29) is 0 Å². The smallest absolute Gasteiger partial charge is 0.190 e. The lowest BCUT2D eigenvalue weighted by Gasteiger charge is -2.39. The molecule has 0 radical (unpaired) electrons. The van der Waals surface area contributed by atoms with E-state index in [4.69, 9.17) is 23.7 Å². The first-order chi connectivity index (χ1) is 15.9. The molecule has 7 nitrogen and oxygen atoms in total. The van der Waals surface area contributed by atoms with E-state index in [1.54, 1.807) is 0 Å². The summed E-state index contributed by atoms with van der Waals surface area (Å²) >= 11 is 0. The van der Waals surface area contributed by atoms with Crippen LogP contribution in [-0.4, -0.2) is 59.4 Å². The van der Waals surface area contributed by atoms with Gasteiger partial charge in [-0.05, 0) is 37.8 Å². The Kier molecular flexibility index (Phi) is 7.81. The first-order valence-corrected chi connectivity index (χ1v) is 11.5. The number of hydrogen-bond donors (Lipinski definition) is 2. The second kappa shape index (κ2) is 10.6. The second-order valence-electron chi connectivity index (χ2n) is 9.10. The Morgan fingerprint density at radius 3 is 2.21 bits per heavy atom. The van der Waals surface area contributed by atoms with E-state index in [2.05, 4.69) is 0 Å². The zero-order valence-corrected chi connectivity index (χ0v) is 19.3. The zero-order valence-electron chi connectivity index (χ0n) is 19.3. The van der Waals surface area contributed by atoms with Crippen LogP contribution in [0.2, 0.25) is 0 Å². The summed E-state index contributed by atoms with van der Waals surface area (Å²) in [5.74, 6) is -0.838. The SMILES string of the molecule is CC1(C)O[C@H]2O[C@H]([C@@H](O)CO)[C@@](CCCOCc3ccccc3)(OCc3ccccc3)[C@H]2O1. The first-order valence-electron chi connectivity index (χ1n) is 11.5. The molecule has 2 saturated heterocycles. The van der Waals surface area contributed by atoms with E-state index in [0.717, 1.165) is 11.1 Å². The molecule has 0 spiro atoms. The molecule has 0 saturated carbocycles. The fourth-order valence-corrected chi connectivity index (χ4v) is 4.62. The third kappa shape index (κ3) is 5.63. The average molecular weight is 459 g/mol. The Labute approximate surface area is 195 Å². The summed E-state index contributed by atoms with van der Waals surface area (Å²) in [7, 11) is 0. The minimum Gasteiger partial charge on any atom is -0.394 e. The van der Waals surface area contributed by atoms with Gasteiger partial charge >= 0.3 is 0 Å². The molecule has 2 aromatic rings. The molecule has 0 bridgehead atoms. The molecule has 2 heterocycles. The summed E-state index contributed by atoms with van der Waals surface area (Å²) in [5.41, 5.74) is 1.10. The third-order valence-corrected chi connectivity index (χ3v) is 6.16. The molecule has 180 valence electrons. The van der Waals surface area contributed by atoms with Gasteiger partial charge in [0.2, 0.25) is 0 Å². The van der Waals surface area contributed by atoms with Crippen molar-refractivity contribution >= 4 is 0 Å². The van der Waals surface area contributed by atoms with Gasteiger partial charge in [-0.15, -0.1) is 0 Å². The van der Waals surface area contributed by atoms with Crippen LogP contribution in [0.15, 0.2) is 60.7 Å². The molecule has 2 N–H and O–H groups in total. The number of aliphatic hydroxyl groups excluding tert-OH is 2. The maximum atomic E-state index is 10.6. The molecule has 7 heteroatoms. The van der Waals surface area contributed by atoms with Gasteiger partial charge in [0.05, 0.1) is 19.8 Å². The van der Waals surface area contributed by atoms with Crippen molar-refractivity contribution in [3.8, 4) is 0 Å². The molecule has 2 aliphatic heterocycles.